The van der Waals surface area contributed by atoms with Crippen LogP contribution >= 0.6 is 0 Å². The van der Waals surface area contributed by atoms with Crippen LogP contribution in [0.2, 0.25) is 0 Å². The summed E-state index contributed by atoms with van der Waals surface area (Å²) in [6, 6.07) is 23.3. The lowest BCUT2D eigenvalue weighted by Gasteiger charge is -2.16. The van der Waals surface area contributed by atoms with E-state index in [1.807, 2.05) is 84.9 Å². The summed E-state index contributed by atoms with van der Waals surface area (Å²) >= 11 is 0. The molecule has 0 bridgehead atoms. The van der Waals surface area contributed by atoms with Crippen LogP contribution in [-0.2, 0) is 29.1 Å². The molecule has 3 aromatic carbocycles. The smallest absolute Gasteiger partial charge is 0.417 e. The molecule has 1 atom stereocenters. The first-order valence-corrected chi connectivity index (χ1v) is 15.7. The van der Waals surface area contributed by atoms with Crippen LogP contribution in [0.4, 0.5) is 4.79 Å². The van der Waals surface area contributed by atoms with Gasteiger partial charge in [-0.3, -0.25) is 4.79 Å². The van der Waals surface area contributed by atoms with E-state index < -0.39 is 18.1 Å². The van der Waals surface area contributed by atoms with Crippen LogP contribution in [0.25, 0.3) is 24.3 Å². The lowest BCUT2D eigenvalue weighted by Crippen LogP contribution is -2.31. The lowest BCUT2D eigenvalue weighted by molar-refractivity contribution is -0.130. The van der Waals surface area contributed by atoms with E-state index in [0.717, 1.165) is 21.6 Å². The van der Waals surface area contributed by atoms with Crippen LogP contribution in [-0.4, -0.2) is 47.2 Å². The van der Waals surface area contributed by atoms with Gasteiger partial charge in [0.1, 0.15) is 24.8 Å². The molecule has 2 aromatic heterocycles. The van der Waals surface area contributed by atoms with Gasteiger partial charge >= 0.3 is 6.09 Å². The number of carbonyl (C=O) groups excluding carboxylic acids is 2. The summed E-state index contributed by atoms with van der Waals surface area (Å²) in [4.78, 5) is 35.5. The van der Waals surface area contributed by atoms with Gasteiger partial charge < -0.3 is 27.8 Å². The SMILES string of the molecule is COc1cc(CCCC2OC(=O)N(Cc3coc(/C=C/c4ccccc4)n3)C2=O)cc(OC)c1OCc1coc(/C=C/c2ccccc2)n1. The second-order valence-electron chi connectivity index (χ2n) is 11.1. The summed E-state index contributed by atoms with van der Waals surface area (Å²) < 4.78 is 33.8. The molecule has 1 unspecified atom stereocenters. The predicted octanol–water partition coefficient (Wildman–Crippen LogP) is 7.47. The first-order valence-electron chi connectivity index (χ1n) is 15.7. The zero-order valence-electron chi connectivity index (χ0n) is 27.1. The Morgan fingerprint density at radius 2 is 1.35 bits per heavy atom. The van der Waals surface area contributed by atoms with Crippen molar-refractivity contribution in [3.63, 3.8) is 0 Å². The molecule has 1 aliphatic heterocycles. The number of rotatable bonds is 15. The molecule has 0 saturated carbocycles. The third kappa shape index (κ3) is 8.44. The van der Waals surface area contributed by atoms with Crippen LogP contribution in [0.3, 0.4) is 0 Å². The number of nitrogens with zero attached hydrogens (tertiary/aromatic N) is 3. The number of imide groups is 1. The molecule has 0 spiro atoms. The Hall–Kier alpha value is -6.10. The summed E-state index contributed by atoms with van der Waals surface area (Å²) in [6.45, 7) is 0.104. The van der Waals surface area contributed by atoms with Crippen molar-refractivity contribution in [2.24, 2.45) is 0 Å². The first kappa shape index (κ1) is 32.8. The monoisotopic (exact) mass is 661 g/mol. The van der Waals surface area contributed by atoms with Crippen molar-refractivity contribution in [3.8, 4) is 17.2 Å². The van der Waals surface area contributed by atoms with E-state index in [9.17, 15) is 9.59 Å². The van der Waals surface area contributed by atoms with Crippen molar-refractivity contribution in [2.45, 2.75) is 38.5 Å². The summed E-state index contributed by atoms with van der Waals surface area (Å²) in [7, 11) is 3.10. The van der Waals surface area contributed by atoms with Gasteiger partial charge in [-0.25, -0.2) is 19.7 Å². The highest BCUT2D eigenvalue weighted by molar-refractivity contribution is 5.99. The molecule has 0 radical (unpaired) electrons. The standard InChI is InChI=1S/C38H35N3O8/c1-44-32-20-28(21-33(45-2)36(32)48-25-30-24-47-35(40-30)19-17-27-12-7-4-8-13-27)14-9-15-31-37(42)41(38(43)49-31)22-29-23-46-34(39-29)18-16-26-10-5-3-6-11-26/h3-8,10-13,16-21,23-24,31H,9,14-15,22,25H2,1-2H3/b18-16+,19-17+. The van der Waals surface area contributed by atoms with Crippen molar-refractivity contribution >= 4 is 36.3 Å². The Labute approximate surface area is 283 Å². The van der Waals surface area contributed by atoms with Gasteiger partial charge in [-0.05, 0) is 60.2 Å². The third-order valence-electron chi connectivity index (χ3n) is 7.72. The van der Waals surface area contributed by atoms with E-state index in [2.05, 4.69) is 9.97 Å². The fourth-order valence-corrected chi connectivity index (χ4v) is 5.25. The van der Waals surface area contributed by atoms with E-state index in [-0.39, 0.29) is 13.2 Å². The largest absolute Gasteiger partial charge is 0.493 e. The molecule has 3 heterocycles. The Bertz CT molecular complexity index is 1910. The summed E-state index contributed by atoms with van der Waals surface area (Å²) in [5, 5.41) is 0. The van der Waals surface area contributed by atoms with E-state index in [0.29, 0.717) is 59.7 Å². The second-order valence-corrected chi connectivity index (χ2v) is 11.1. The number of aromatic nitrogens is 2. The van der Waals surface area contributed by atoms with Gasteiger partial charge in [0, 0.05) is 12.2 Å². The number of cyclic esters (lactones) is 1. The fraction of sp³-hybridized carbons (Fsp3) is 0.211. The van der Waals surface area contributed by atoms with Crippen LogP contribution in [0, 0.1) is 0 Å². The van der Waals surface area contributed by atoms with Crippen LogP contribution in [0.15, 0.2) is 94.2 Å². The van der Waals surface area contributed by atoms with Crippen molar-refractivity contribution in [1.82, 2.24) is 14.9 Å². The van der Waals surface area contributed by atoms with Gasteiger partial charge in [-0.2, -0.15) is 0 Å². The maximum Gasteiger partial charge on any atom is 0.417 e. The molecular formula is C38H35N3O8. The molecule has 11 nitrogen and oxygen atoms in total. The number of methoxy groups -OCH3 is 2. The van der Waals surface area contributed by atoms with Gasteiger partial charge in [-0.1, -0.05) is 60.7 Å². The van der Waals surface area contributed by atoms with Gasteiger partial charge in [0.15, 0.2) is 17.6 Å². The predicted molar refractivity (Wildman–Crippen MR) is 181 cm³/mol. The molecule has 2 amide bonds. The summed E-state index contributed by atoms with van der Waals surface area (Å²) in [5.41, 5.74) is 3.99. The quantitative estimate of drug-likeness (QED) is 0.112. The number of amides is 2. The number of benzene rings is 3. The molecule has 0 N–H and O–H groups in total. The number of oxazole rings is 2. The number of hydrogen-bond acceptors (Lipinski definition) is 10. The van der Waals surface area contributed by atoms with Gasteiger partial charge in [-0.15, -0.1) is 0 Å². The van der Waals surface area contributed by atoms with Gasteiger partial charge in [0.2, 0.25) is 17.5 Å². The summed E-state index contributed by atoms with van der Waals surface area (Å²) in [6.07, 6.45) is 10.2. The third-order valence-corrected chi connectivity index (χ3v) is 7.72. The maximum atomic E-state index is 13.1. The zero-order valence-corrected chi connectivity index (χ0v) is 27.1. The van der Waals surface area contributed by atoms with Crippen LogP contribution < -0.4 is 14.2 Å². The molecule has 250 valence electrons. The minimum absolute atomic E-state index is 0.0350. The lowest BCUT2D eigenvalue weighted by atomic mass is 10.0. The Morgan fingerprint density at radius 3 is 1.94 bits per heavy atom. The summed E-state index contributed by atoms with van der Waals surface area (Å²) in [5.74, 6) is 1.84. The number of carbonyl (C=O) groups is 2. The molecule has 0 aliphatic carbocycles. The minimum atomic E-state index is -0.877. The molecular weight excluding hydrogens is 626 g/mol. The highest BCUT2D eigenvalue weighted by Gasteiger charge is 2.40. The molecule has 49 heavy (non-hydrogen) atoms. The van der Waals surface area contributed by atoms with E-state index in [1.54, 1.807) is 32.6 Å². The number of ether oxygens (including phenoxy) is 4. The van der Waals surface area contributed by atoms with Gasteiger partial charge in [0.25, 0.3) is 5.91 Å². The van der Waals surface area contributed by atoms with E-state index >= 15 is 0 Å². The van der Waals surface area contributed by atoms with Crippen molar-refractivity contribution in [3.05, 3.63) is 125 Å². The minimum Gasteiger partial charge on any atom is -0.493 e. The van der Waals surface area contributed by atoms with Crippen molar-refractivity contribution in [1.29, 1.82) is 0 Å². The highest BCUT2D eigenvalue weighted by Crippen LogP contribution is 2.39. The average molecular weight is 662 g/mol. The molecule has 11 heteroatoms. The number of aryl methyl sites for hydroxylation is 1. The molecule has 6 rings (SSSR count). The topological polar surface area (TPSA) is 126 Å². The normalized spacial score (nSPS) is 14.6. The van der Waals surface area contributed by atoms with Crippen LogP contribution in [0.5, 0.6) is 17.2 Å². The zero-order chi connectivity index (χ0) is 34.0. The van der Waals surface area contributed by atoms with Gasteiger partial charge in [0.05, 0.1) is 26.5 Å². The molecule has 1 aliphatic rings. The molecule has 1 fully saturated rings. The van der Waals surface area contributed by atoms with E-state index in [4.69, 9.17) is 27.8 Å². The van der Waals surface area contributed by atoms with E-state index in [1.165, 1.54) is 6.26 Å². The Balaban J connectivity index is 1.01. The highest BCUT2D eigenvalue weighted by atomic mass is 16.6. The van der Waals surface area contributed by atoms with Crippen molar-refractivity contribution in [2.75, 3.05) is 14.2 Å². The van der Waals surface area contributed by atoms with Crippen molar-refractivity contribution < 1.29 is 37.4 Å². The van der Waals surface area contributed by atoms with Crippen LogP contribution in [0.1, 0.15) is 52.7 Å². The molecule has 1 saturated heterocycles. The average Bonchev–Trinajstić information content (AvgIpc) is 3.86. The first-order chi connectivity index (χ1) is 24.0. The second kappa shape index (κ2) is 15.7. The fourth-order valence-electron chi connectivity index (χ4n) is 5.25. The Morgan fingerprint density at radius 1 is 0.776 bits per heavy atom. The molecule has 5 aromatic rings. The number of hydrogen-bond donors (Lipinski definition) is 0. The maximum absolute atomic E-state index is 13.1. The Kier molecular flexibility index (Phi) is 10.5.